The van der Waals surface area contributed by atoms with Gasteiger partial charge in [-0.25, -0.2) is 0 Å². The van der Waals surface area contributed by atoms with Gasteiger partial charge in [-0.3, -0.25) is 0 Å². The predicted molar refractivity (Wildman–Crippen MR) is 109 cm³/mol. The molecule has 0 radical (unpaired) electrons. The van der Waals surface area contributed by atoms with Gasteiger partial charge in [-0.05, 0) is 36.8 Å². The fraction of sp³-hybridized carbons (Fsp3) is 0.391. The number of hydrogen-bond donors (Lipinski definition) is 0. The number of allylic oxidation sites excluding steroid dienone is 1. The lowest BCUT2D eigenvalue weighted by molar-refractivity contribution is 0.265. The lowest BCUT2D eigenvalue weighted by Gasteiger charge is -2.27. The maximum Gasteiger partial charge on any atom is -0.0157 e. The molecule has 1 heteroatoms. The predicted octanol–water partition coefficient (Wildman–Crippen LogP) is 6.24. The van der Waals surface area contributed by atoms with Gasteiger partial charge >= 0.3 is 0 Å². The maximum absolute atomic E-state index is 2.49. The van der Waals surface area contributed by atoms with Crippen molar-refractivity contribution in [2.24, 2.45) is 11.8 Å². The van der Waals surface area contributed by atoms with Crippen LogP contribution in [0.3, 0.4) is 0 Å². The first kappa shape index (κ1) is 17.4. The molecule has 0 aromatic heterocycles. The van der Waals surface area contributed by atoms with E-state index in [-0.39, 0.29) is 7.92 Å². The van der Waals surface area contributed by atoms with E-state index in [0.717, 1.165) is 11.8 Å². The molecule has 1 saturated carbocycles. The average Bonchev–Trinajstić information content (AvgIpc) is 2.67. The highest BCUT2D eigenvalue weighted by Crippen LogP contribution is 2.36. The van der Waals surface area contributed by atoms with Gasteiger partial charge < -0.3 is 0 Å². The number of hydrogen-bond acceptors (Lipinski definition) is 0. The summed E-state index contributed by atoms with van der Waals surface area (Å²) < 4.78 is 0. The van der Waals surface area contributed by atoms with Crippen LogP contribution < -0.4 is 10.6 Å². The topological polar surface area (TPSA) is 0 Å². The van der Waals surface area contributed by atoms with Gasteiger partial charge in [-0.15, -0.1) is 0 Å². The first-order chi connectivity index (χ1) is 11.8. The van der Waals surface area contributed by atoms with Crippen molar-refractivity contribution in [1.82, 2.24) is 0 Å². The third-order valence-electron chi connectivity index (χ3n) is 5.29. The maximum atomic E-state index is 2.49. The van der Waals surface area contributed by atoms with Crippen LogP contribution in [0.2, 0.25) is 0 Å². The summed E-state index contributed by atoms with van der Waals surface area (Å²) in [5.74, 6) is 4.26. The first-order valence-electron chi connectivity index (χ1n) is 9.40. The summed E-state index contributed by atoms with van der Waals surface area (Å²) in [6.45, 7) is 2.45. The summed E-state index contributed by atoms with van der Waals surface area (Å²) in [7, 11) is -0.380. The summed E-state index contributed by atoms with van der Waals surface area (Å²) in [5.41, 5.74) is 0. The molecule has 0 N–H and O–H groups in total. The zero-order chi connectivity index (χ0) is 16.6. The zero-order valence-corrected chi connectivity index (χ0v) is 15.7. The van der Waals surface area contributed by atoms with E-state index in [0.29, 0.717) is 0 Å². The van der Waals surface area contributed by atoms with E-state index >= 15 is 0 Å². The molecule has 1 aliphatic carbocycles. The van der Waals surface area contributed by atoms with Crippen molar-refractivity contribution in [3.8, 4) is 0 Å². The van der Waals surface area contributed by atoms with Crippen molar-refractivity contribution in [1.29, 1.82) is 0 Å². The van der Waals surface area contributed by atoms with Crippen LogP contribution >= 0.6 is 7.92 Å². The van der Waals surface area contributed by atoms with Crippen LogP contribution in [0.5, 0.6) is 0 Å². The fourth-order valence-corrected chi connectivity index (χ4v) is 5.74. The van der Waals surface area contributed by atoms with Gasteiger partial charge in [0, 0.05) is 0 Å². The summed E-state index contributed by atoms with van der Waals surface area (Å²) in [6, 6.07) is 21.9. The summed E-state index contributed by atoms with van der Waals surface area (Å²) >= 11 is 0. The van der Waals surface area contributed by atoms with E-state index in [9.17, 15) is 0 Å². The van der Waals surface area contributed by atoms with Gasteiger partial charge in [0.25, 0.3) is 0 Å². The van der Waals surface area contributed by atoms with Crippen molar-refractivity contribution in [2.75, 3.05) is 0 Å². The highest BCUT2D eigenvalue weighted by atomic mass is 31.1. The van der Waals surface area contributed by atoms with Gasteiger partial charge in [0.1, 0.15) is 0 Å². The number of rotatable bonds is 6. The molecule has 126 valence electrons. The molecule has 2 aromatic carbocycles. The minimum absolute atomic E-state index is 0.380. The molecule has 24 heavy (non-hydrogen) atoms. The SMILES string of the molecule is CC(CC=CP(c1ccccc1)c1ccccc1)C1CCCCC1. The Balaban J connectivity index is 1.70. The van der Waals surface area contributed by atoms with Crippen molar-refractivity contribution < 1.29 is 0 Å². The molecule has 0 aliphatic heterocycles. The fourth-order valence-electron chi connectivity index (χ4n) is 3.77. The summed E-state index contributed by atoms with van der Waals surface area (Å²) in [5, 5.41) is 2.89. The van der Waals surface area contributed by atoms with Crippen molar-refractivity contribution in [2.45, 2.75) is 45.4 Å². The van der Waals surface area contributed by atoms with E-state index in [4.69, 9.17) is 0 Å². The minimum atomic E-state index is -0.380. The molecule has 0 nitrogen and oxygen atoms in total. The van der Waals surface area contributed by atoms with E-state index in [2.05, 4.69) is 79.5 Å². The Kier molecular flexibility index (Phi) is 6.67. The molecule has 0 bridgehead atoms. The van der Waals surface area contributed by atoms with Crippen LogP contribution in [-0.4, -0.2) is 0 Å². The van der Waals surface area contributed by atoms with Crippen LogP contribution in [0.4, 0.5) is 0 Å². The summed E-state index contributed by atoms with van der Waals surface area (Å²) in [4.78, 5) is 0. The third kappa shape index (κ3) is 4.81. The standard InChI is InChI=1S/C23H29P/c1-20(21-13-5-2-6-14-21)12-11-19-24(22-15-7-3-8-16-22)23-17-9-4-10-18-23/h3-4,7-11,15-21H,2,5-6,12-14H2,1H3. The van der Waals surface area contributed by atoms with Crippen LogP contribution in [-0.2, 0) is 0 Å². The van der Waals surface area contributed by atoms with Gasteiger partial charge in [0.2, 0.25) is 0 Å². The molecule has 3 rings (SSSR count). The molecule has 1 aliphatic rings. The second-order valence-electron chi connectivity index (χ2n) is 7.04. The van der Waals surface area contributed by atoms with E-state index in [1.54, 1.807) is 0 Å². The molecule has 2 aromatic rings. The lowest BCUT2D eigenvalue weighted by atomic mass is 9.79. The monoisotopic (exact) mass is 336 g/mol. The van der Waals surface area contributed by atoms with Crippen LogP contribution in [0, 0.1) is 11.8 Å². The van der Waals surface area contributed by atoms with Gasteiger partial charge in [0.15, 0.2) is 0 Å². The molecule has 1 fully saturated rings. The minimum Gasteiger partial charge on any atom is -0.0832 e. The van der Waals surface area contributed by atoms with E-state index < -0.39 is 0 Å². The van der Waals surface area contributed by atoms with Crippen molar-refractivity contribution in [3.63, 3.8) is 0 Å². The lowest BCUT2D eigenvalue weighted by Crippen LogP contribution is -2.14. The van der Waals surface area contributed by atoms with Gasteiger partial charge in [-0.2, -0.15) is 0 Å². The Morgan fingerprint density at radius 3 is 1.96 bits per heavy atom. The normalized spacial score (nSPS) is 17.4. The molecule has 0 saturated heterocycles. The van der Waals surface area contributed by atoms with Crippen LogP contribution in [0.25, 0.3) is 0 Å². The smallest absolute Gasteiger partial charge is 0.0157 e. The van der Waals surface area contributed by atoms with Gasteiger partial charge in [0.05, 0.1) is 0 Å². The zero-order valence-electron chi connectivity index (χ0n) is 14.8. The number of benzene rings is 2. The van der Waals surface area contributed by atoms with Crippen molar-refractivity contribution >= 4 is 18.5 Å². The summed E-state index contributed by atoms with van der Waals surface area (Å²) in [6.07, 6.45) is 10.9. The Morgan fingerprint density at radius 2 is 1.42 bits per heavy atom. The Labute approximate surface area is 148 Å². The first-order valence-corrected chi connectivity index (χ1v) is 10.8. The van der Waals surface area contributed by atoms with Crippen molar-refractivity contribution in [3.05, 3.63) is 72.6 Å². The molecule has 0 amide bonds. The van der Waals surface area contributed by atoms with E-state index in [1.165, 1.54) is 49.1 Å². The third-order valence-corrected chi connectivity index (χ3v) is 7.50. The quantitative estimate of drug-likeness (QED) is 0.548. The highest BCUT2D eigenvalue weighted by Gasteiger charge is 2.19. The van der Waals surface area contributed by atoms with Gasteiger partial charge in [-0.1, -0.05) is 112 Å². The van der Waals surface area contributed by atoms with Crippen LogP contribution in [0.1, 0.15) is 45.4 Å². The highest BCUT2D eigenvalue weighted by molar-refractivity contribution is 7.75. The second-order valence-corrected chi connectivity index (χ2v) is 9.11. The molecular weight excluding hydrogens is 307 g/mol. The average molecular weight is 336 g/mol. The Hall–Kier alpha value is -1.39. The molecular formula is C23H29P. The Morgan fingerprint density at radius 1 is 0.875 bits per heavy atom. The van der Waals surface area contributed by atoms with Crippen LogP contribution in [0.15, 0.2) is 72.6 Å². The molecule has 0 heterocycles. The van der Waals surface area contributed by atoms with E-state index in [1.807, 2.05) is 0 Å². The molecule has 1 atom stereocenters. The second kappa shape index (κ2) is 9.19. The molecule has 1 unspecified atom stereocenters. The Bertz CT molecular complexity index is 571. The molecule has 0 spiro atoms. The largest absolute Gasteiger partial charge is 0.0832 e.